The van der Waals surface area contributed by atoms with Crippen molar-refractivity contribution < 1.29 is 19.2 Å². The molecule has 0 fully saturated rings. The number of esters is 1. The standard InChI is InChI=1S/C24H40N2O4/c1-8-23(19(4)15-25(5)6)21-10-9-11-22(14-21)30-26(17-27)16-20(12-18(2)3)13-24(28)29-7/h9-11,14,17-20,23H,8,12-13,15-16H2,1-7H3/t19-,20+,23-/m0/s1. The Morgan fingerprint density at radius 3 is 2.40 bits per heavy atom. The smallest absolute Gasteiger partial charge is 0.305 e. The molecule has 0 aliphatic rings. The first-order valence-corrected chi connectivity index (χ1v) is 10.9. The van der Waals surface area contributed by atoms with E-state index in [4.69, 9.17) is 9.57 Å². The molecule has 170 valence electrons. The number of hydroxylamine groups is 2. The third kappa shape index (κ3) is 9.16. The summed E-state index contributed by atoms with van der Waals surface area (Å²) >= 11 is 0. The summed E-state index contributed by atoms with van der Waals surface area (Å²) in [5, 5.41) is 1.29. The van der Waals surface area contributed by atoms with Gasteiger partial charge in [0.1, 0.15) is 0 Å². The highest BCUT2D eigenvalue weighted by molar-refractivity contribution is 5.69. The lowest BCUT2D eigenvalue weighted by molar-refractivity contribution is -0.149. The zero-order valence-corrected chi connectivity index (χ0v) is 19.8. The second-order valence-electron chi connectivity index (χ2n) is 8.90. The van der Waals surface area contributed by atoms with Crippen molar-refractivity contribution >= 4 is 12.4 Å². The van der Waals surface area contributed by atoms with E-state index >= 15 is 0 Å². The molecule has 1 amide bonds. The Kier molecular flexibility index (Phi) is 11.5. The van der Waals surface area contributed by atoms with Crippen molar-refractivity contribution in [3.63, 3.8) is 0 Å². The monoisotopic (exact) mass is 420 g/mol. The summed E-state index contributed by atoms with van der Waals surface area (Å²) in [6, 6.07) is 7.98. The van der Waals surface area contributed by atoms with Gasteiger partial charge >= 0.3 is 5.97 Å². The number of amides is 1. The highest BCUT2D eigenvalue weighted by Crippen LogP contribution is 2.31. The van der Waals surface area contributed by atoms with E-state index in [-0.39, 0.29) is 18.3 Å². The number of hydrogen-bond acceptors (Lipinski definition) is 5. The predicted molar refractivity (Wildman–Crippen MR) is 120 cm³/mol. The van der Waals surface area contributed by atoms with Crippen molar-refractivity contribution in [2.24, 2.45) is 17.8 Å². The zero-order chi connectivity index (χ0) is 22.7. The van der Waals surface area contributed by atoms with Crippen molar-refractivity contribution in [3.8, 4) is 5.75 Å². The molecule has 0 saturated heterocycles. The van der Waals surface area contributed by atoms with Crippen LogP contribution in [-0.4, -0.2) is 56.6 Å². The van der Waals surface area contributed by atoms with Crippen LogP contribution in [0, 0.1) is 17.8 Å². The molecular weight excluding hydrogens is 380 g/mol. The van der Waals surface area contributed by atoms with Crippen molar-refractivity contribution in [2.75, 3.05) is 34.3 Å². The minimum atomic E-state index is -0.269. The second-order valence-corrected chi connectivity index (χ2v) is 8.90. The Bertz CT molecular complexity index is 648. The Hall–Kier alpha value is -2.08. The maximum Gasteiger partial charge on any atom is 0.305 e. The van der Waals surface area contributed by atoms with Crippen molar-refractivity contribution in [1.29, 1.82) is 0 Å². The number of carbonyl (C=O) groups excluding carboxylic acids is 2. The van der Waals surface area contributed by atoms with Gasteiger partial charge in [-0.05, 0) is 68.3 Å². The normalized spacial score (nSPS) is 14.3. The molecule has 0 saturated carbocycles. The molecule has 0 radical (unpaired) electrons. The number of hydrogen-bond donors (Lipinski definition) is 0. The topological polar surface area (TPSA) is 59.1 Å². The lowest BCUT2D eigenvalue weighted by atomic mass is 9.85. The minimum Gasteiger partial charge on any atom is -0.469 e. The molecular formula is C24H40N2O4. The summed E-state index contributed by atoms with van der Waals surface area (Å²) in [7, 11) is 5.56. The quantitative estimate of drug-likeness (QED) is 0.254. The van der Waals surface area contributed by atoms with Gasteiger partial charge in [0.25, 0.3) is 0 Å². The molecule has 3 atom stereocenters. The van der Waals surface area contributed by atoms with E-state index in [1.165, 1.54) is 17.7 Å². The summed E-state index contributed by atoms with van der Waals surface area (Å²) in [6.07, 6.45) is 2.79. The van der Waals surface area contributed by atoms with Crippen LogP contribution in [0.1, 0.15) is 58.4 Å². The molecule has 0 bridgehead atoms. The highest BCUT2D eigenvalue weighted by Gasteiger charge is 2.22. The zero-order valence-electron chi connectivity index (χ0n) is 19.8. The number of benzene rings is 1. The van der Waals surface area contributed by atoms with Crippen molar-refractivity contribution in [1.82, 2.24) is 9.96 Å². The Balaban J connectivity index is 2.91. The van der Waals surface area contributed by atoms with Crippen LogP contribution in [0.15, 0.2) is 24.3 Å². The molecule has 0 unspecified atom stereocenters. The minimum absolute atomic E-state index is 0.0191. The molecule has 0 spiro atoms. The summed E-state index contributed by atoms with van der Waals surface area (Å²) in [4.78, 5) is 31.5. The van der Waals surface area contributed by atoms with Crippen LogP contribution in [-0.2, 0) is 14.3 Å². The molecule has 30 heavy (non-hydrogen) atoms. The molecule has 0 heterocycles. The van der Waals surface area contributed by atoms with Gasteiger partial charge in [-0.25, -0.2) is 0 Å². The Morgan fingerprint density at radius 2 is 1.87 bits per heavy atom. The first kappa shape index (κ1) is 26.0. The van der Waals surface area contributed by atoms with E-state index in [9.17, 15) is 9.59 Å². The second kappa shape index (κ2) is 13.3. The van der Waals surface area contributed by atoms with E-state index in [0.717, 1.165) is 19.4 Å². The molecule has 0 aromatic heterocycles. The fourth-order valence-electron chi connectivity index (χ4n) is 4.17. The Labute approximate surface area is 182 Å². The molecule has 6 heteroatoms. The van der Waals surface area contributed by atoms with Gasteiger partial charge in [0.15, 0.2) is 5.75 Å². The molecule has 0 aliphatic carbocycles. The van der Waals surface area contributed by atoms with Crippen molar-refractivity contribution in [3.05, 3.63) is 29.8 Å². The summed E-state index contributed by atoms with van der Waals surface area (Å²) in [5.41, 5.74) is 1.21. The lowest BCUT2D eigenvalue weighted by Gasteiger charge is -2.27. The molecule has 0 N–H and O–H groups in total. The fourth-order valence-corrected chi connectivity index (χ4v) is 4.17. The van der Waals surface area contributed by atoms with Crippen LogP contribution in [0.4, 0.5) is 0 Å². The Morgan fingerprint density at radius 1 is 1.17 bits per heavy atom. The van der Waals surface area contributed by atoms with E-state index in [1.807, 2.05) is 18.2 Å². The van der Waals surface area contributed by atoms with Gasteiger partial charge < -0.3 is 14.5 Å². The lowest BCUT2D eigenvalue weighted by Crippen LogP contribution is -2.33. The van der Waals surface area contributed by atoms with Gasteiger partial charge in [0.2, 0.25) is 6.41 Å². The molecule has 0 aliphatic heterocycles. The van der Waals surface area contributed by atoms with Gasteiger partial charge in [-0.3, -0.25) is 9.59 Å². The number of ether oxygens (including phenoxy) is 1. The average molecular weight is 421 g/mol. The summed E-state index contributed by atoms with van der Waals surface area (Å²) in [6.45, 7) is 10.0. The molecule has 6 nitrogen and oxygen atoms in total. The third-order valence-electron chi connectivity index (χ3n) is 5.33. The van der Waals surface area contributed by atoms with Gasteiger partial charge in [-0.2, -0.15) is 5.06 Å². The van der Waals surface area contributed by atoms with Gasteiger partial charge in [-0.15, -0.1) is 0 Å². The van der Waals surface area contributed by atoms with E-state index in [2.05, 4.69) is 52.8 Å². The van der Waals surface area contributed by atoms with Gasteiger partial charge in [0, 0.05) is 6.54 Å². The summed E-state index contributed by atoms with van der Waals surface area (Å²) < 4.78 is 4.81. The largest absolute Gasteiger partial charge is 0.469 e. The maximum atomic E-state index is 11.8. The van der Waals surface area contributed by atoms with E-state index in [1.54, 1.807) is 0 Å². The first-order chi connectivity index (χ1) is 14.2. The maximum absolute atomic E-state index is 11.8. The van der Waals surface area contributed by atoms with Crippen LogP contribution < -0.4 is 4.84 Å². The number of rotatable bonds is 14. The number of carbonyl (C=O) groups is 2. The third-order valence-corrected chi connectivity index (χ3v) is 5.33. The van der Waals surface area contributed by atoms with E-state index < -0.39 is 0 Å². The predicted octanol–water partition coefficient (Wildman–Crippen LogP) is 4.36. The van der Waals surface area contributed by atoms with Crippen LogP contribution in [0.5, 0.6) is 5.75 Å². The van der Waals surface area contributed by atoms with Crippen LogP contribution in [0.25, 0.3) is 0 Å². The molecule has 1 aromatic rings. The van der Waals surface area contributed by atoms with Crippen molar-refractivity contribution in [2.45, 2.75) is 52.9 Å². The average Bonchev–Trinajstić information content (AvgIpc) is 2.67. The van der Waals surface area contributed by atoms with Crippen LogP contribution >= 0.6 is 0 Å². The fraction of sp³-hybridized carbons (Fsp3) is 0.667. The highest BCUT2D eigenvalue weighted by atomic mass is 16.7. The van der Waals surface area contributed by atoms with Crippen LogP contribution in [0.3, 0.4) is 0 Å². The molecule has 1 rings (SSSR count). The summed E-state index contributed by atoms with van der Waals surface area (Å²) in [5.74, 6) is 1.66. The van der Waals surface area contributed by atoms with Crippen LogP contribution in [0.2, 0.25) is 0 Å². The SMILES string of the molecule is CC[C@H](c1cccc(ON(C=O)C[C@@H](CC(=O)OC)CC(C)C)c1)[C@@H](C)CN(C)C. The van der Waals surface area contributed by atoms with Gasteiger partial charge in [0.05, 0.1) is 20.1 Å². The van der Waals surface area contributed by atoms with E-state index in [0.29, 0.717) is 36.5 Å². The number of nitrogens with zero attached hydrogens (tertiary/aromatic N) is 2. The molecule has 1 aromatic carbocycles. The first-order valence-electron chi connectivity index (χ1n) is 10.9. The van der Waals surface area contributed by atoms with Gasteiger partial charge in [-0.1, -0.05) is 39.8 Å². The number of methoxy groups -OCH3 is 1.